The van der Waals surface area contributed by atoms with E-state index >= 15 is 0 Å². The molecule has 2 rings (SSSR count). The van der Waals surface area contributed by atoms with Gasteiger partial charge in [0.15, 0.2) is 0 Å². The number of rotatable bonds is 3. The van der Waals surface area contributed by atoms with Crippen LogP contribution in [0.1, 0.15) is 25.7 Å². The van der Waals surface area contributed by atoms with Crippen molar-refractivity contribution in [2.75, 3.05) is 32.7 Å². The fraction of sp³-hybridized carbons (Fsp3) is 0.923. The third-order valence-corrected chi connectivity index (χ3v) is 4.08. The van der Waals surface area contributed by atoms with Crippen molar-refractivity contribution >= 4 is 5.91 Å². The number of hydrogen-bond donors (Lipinski definition) is 2. The molecule has 2 fully saturated rings. The lowest BCUT2D eigenvalue weighted by Gasteiger charge is -2.32. The van der Waals surface area contributed by atoms with Gasteiger partial charge in [-0.3, -0.25) is 9.69 Å². The Hall–Kier alpha value is -0.820. The minimum atomic E-state index is -4.14. The Labute approximate surface area is 117 Å². The van der Waals surface area contributed by atoms with Crippen LogP contribution in [0.2, 0.25) is 0 Å². The minimum Gasteiger partial charge on any atom is -0.352 e. The summed E-state index contributed by atoms with van der Waals surface area (Å²) in [5, 5.41) is 5.96. The fourth-order valence-electron chi connectivity index (χ4n) is 2.96. The summed E-state index contributed by atoms with van der Waals surface area (Å²) in [6.45, 7) is 3.61. The predicted molar refractivity (Wildman–Crippen MR) is 69.3 cm³/mol. The maximum absolute atomic E-state index is 12.7. The minimum absolute atomic E-state index is 0.0246. The van der Waals surface area contributed by atoms with Gasteiger partial charge in [-0.05, 0) is 19.3 Å². The highest BCUT2D eigenvalue weighted by Crippen LogP contribution is 2.37. The molecule has 1 amide bonds. The predicted octanol–water partition coefficient (Wildman–Crippen LogP) is 1.13. The largest absolute Gasteiger partial charge is 0.391 e. The van der Waals surface area contributed by atoms with Crippen LogP contribution in [0.4, 0.5) is 13.2 Å². The lowest BCUT2D eigenvalue weighted by Crippen LogP contribution is -2.50. The molecule has 0 aromatic heterocycles. The van der Waals surface area contributed by atoms with Crippen molar-refractivity contribution in [3.05, 3.63) is 0 Å². The Balaban J connectivity index is 1.75. The highest BCUT2D eigenvalue weighted by molar-refractivity contribution is 5.78. The lowest BCUT2D eigenvalue weighted by atomic mass is 9.85. The normalized spacial score (nSPS) is 29.1. The number of halogens is 3. The number of hydrogen-bond acceptors (Lipinski definition) is 3. The van der Waals surface area contributed by atoms with E-state index in [0.29, 0.717) is 12.8 Å². The van der Waals surface area contributed by atoms with E-state index < -0.39 is 12.1 Å². The smallest absolute Gasteiger partial charge is 0.352 e. The monoisotopic (exact) mass is 293 g/mol. The third kappa shape index (κ3) is 4.63. The zero-order valence-electron chi connectivity index (χ0n) is 11.5. The molecular formula is C13H22F3N3O. The maximum atomic E-state index is 12.7. The standard InChI is InChI=1S/C13H22F3N3O/c14-13(15,16)10-2-1-3-11(8-10)18-12(20)9-19-6-4-17-5-7-19/h10-11,17H,1-9H2,(H,18,20). The van der Waals surface area contributed by atoms with Crippen LogP contribution in [0.15, 0.2) is 0 Å². The molecule has 1 saturated carbocycles. The third-order valence-electron chi connectivity index (χ3n) is 4.08. The van der Waals surface area contributed by atoms with Crippen molar-refractivity contribution in [2.24, 2.45) is 5.92 Å². The molecule has 2 aliphatic rings. The average molecular weight is 293 g/mol. The summed E-state index contributed by atoms with van der Waals surface area (Å²) >= 11 is 0. The van der Waals surface area contributed by atoms with Crippen molar-refractivity contribution in [3.8, 4) is 0 Å². The van der Waals surface area contributed by atoms with Crippen LogP contribution >= 0.6 is 0 Å². The molecule has 20 heavy (non-hydrogen) atoms. The van der Waals surface area contributed by atoms with Crippen molar-refractivity contribution in [1.29, 1.82) is 0 Å². The zero-order valence-corrected chi connectivity index (χ0v) is 11.5. The van der Waals surface area contributed by atoms with E-state index in [1.807, 2.05) is 4.90 Å². The molecule has 1 aliphatic heterocycles. The first-order valence-electron chi connectivity index (χ1n) is 7.24. The Kier molecular flexibility index (Phi) is 5.26. The number of nitrogens with zero attached hydrogens (tertiary/aromatic N) is 1. The van der Waals surface area contributed by atoms with Gasteiger partial charge in [-0.25, -0.2) is 0 Å². The van der Waals surface area contributed by atoms with Crippen LogP contribution in [0.3, 0.4) is 0 Å². The molecular weight excluding hydrogens is 271 g/mol. The number of amides is 1. The van der Waals surface area contributed by atoms with E-state index in [2.05, 4.69) is 10.6 Å². The maximum Gasteiger partial charge on any atom is 0.391 e. The summed E-state index contributed by atoms with van der Waals surface area (Å²) in [6.07, 6.45) is -2.74. The van der Waals surface area contributed by atoms with E-state index in [9.17, 15) is 18.0 Å². The van der Waals surface area contributed by atoms with Gasteiger partial charge in [0.05, 0.1) is 12.5 Å². The van der Waals surface area contributed by atoms with Crippen molar-refractivity contribution in [2.45, 2.75) is 37.9 Å². The van der Waals surface area contributed by atoms with Gasteiger partial charge < -0.3 is 10.6 Å². The van der Waals surface area contributed by atoms with E-state index in [4.69, 9.17) is 0 Å². The fourth-order valence-corrected chi connectivity index (χ4v) is 2.96. The Morgan fingerprint density at radius 1 is 1.25 bits per heavy atom. The Morgan fingerprint density at radius 2 is 1.95 bits per heavy atom. The van der Waals surface area contributed by atoms with E-state index in [0.717, 1.165) is 26.2 Å². The van der Waals surface area contributed by atoms with Crippen LogP contribution in [-0.2, 0) is 4.79 Å². The molecule has 1 heterocycles. The van der Waals surface area contributed by atoms with Gasteiger partial charge in [0.1, 0.15) is 0 Å². The van der Waals surface area contributed by atoms with Crippen molar-refractivity contribution in [3.63, 3.8) is 0 Å². The molecule has 0 aromatic rings. The molecule has 1 aliphatic carbocycles. The van der Waals surface area contributed by atoms with Gasteiger partial charge in [-0.1, -0.05) is 6.42 Å². The Morgan fingerprint density at radius 3 is 2.60 bits per heavy atom. The molecule has 0 bridgehead atoms. The first-order chi connectivity index (χ1) is 9.45. The molecule has 116 valence electrons. The number of piperazine rings is 1. The zero-order chi connectivity index (χ0) is 14.6. The first-order valence-corrected chi connectivity index (χ1v) is 7.24. The van der Waals surface area contributed by atoms with Gasteiger partial charge in [0.2, 0.25) is 5.91 Å². The number of carbonyl (C=O) groups excluding carboxylic acids is 1. The summed E-state index contributed by atoms with van der Waals surface area (Å²) in [6, 6.07) is -0.328. The second kappa shape index (κ2) is 6.76. The van der Waals surface area contributed by atoms with Gasteiger partial charge in [0.25, 0.3) is 0 Å². The molecule has 2 unspecified atom stereocenters. The summed E-state index contributed by atoms with van der Waals surface area (Å²) < 4.78 is 38.1. The van der Waals surface area contributed by atoms with E-state index in [1.54, 1.807) is 0 Å². The van der Waals surface area contributed by atoms with Gasteiger partial charge in [0, 0.05) is 32.2 Å². The number of carbonyl (C=O) groups is 1. The number of alkyl halides is 3. The molecule has 2 N–H and O–H groups in total. The Bertz CT molecular complexity index is 329. The average Bonchev–Trinajstić information content (AvgIpc) is 2.39. The summed E-state index contributed by atoms with van der Waals surface area (Å²) in [5.41, 5.74) is 0. The van der Waals surface area contributed by atoms with Gasteiger partial charge in [-0.15, -0.1) is 0 Å². The lowest BCUT2D eigenvalue weighted by molar-refractivity contribution is -0.184. The van der Waals surface area contributed by atoms with Crippen LogP contribution in [-0.4, -0.2) is 55.7 Å². The van der Waals surface area contributed by atoms with Crippen LogP contribution in [0.5, 0.6) is 0 Å². The van der Waals surface area contributed by atoms with E-state index in [1.165, 1.54) is 0 Å². The summed E-state index contributed by atoms with van der Waals surface area (Å²) in [7, 11) is 0. The second-order valence-corrected chi connectivity index (χ2v) is 5.70. The highest BCUT2D eigenvalue weighted by atomic mass is 19.4. The van der Waals surface area contributed by atoms with Crippen LogP contribution in [0, 0.1) is 5.92 Å². The van der Waals surface area contributed by atoms with Gasteiger partial charge >= 0.3 is 6.18 Å². The topological polar surface area (TPSA) is 44.4 Å². The highest BCUT2D eigenvalue weighted by Gasteiger charge is 2.42. The molecule has 0 spiro atoms. The molecule has 0 aromatic carbocycles. The summed E-state index contributed by atoms with van der Waals surface area (Å²) in [4.78, 5) is 13.9. The van der Waals surface area contributed by atoms with E-state index in [-0.39, 0.29) is 31.3 Å². The number of nitrogens with one attached hydrogen (secondary N) is 2. The SMILES string of the molecule is O=C(CN1CCNCC1)NC1CCCC(C(F)(F)F)C1. The first kappa shape index (κ1) is 15.6. The molecule has 2 atom stereocenters. The molecule has 1 saturated heterocycles. The van der Waals surface area contributed by atoms with Crippen molar-refractivity contribution in [1.82, 2.24) is 15.5 Å². The molecule has 0 radical (unpaired) electrons. The van der Waals surface area contributed by atoms with Gasteiger partial charge in [-0.2, -0.15) is 13.2 Å². The van der Waals surface area contributed by atoms with Crippen molar-refractivity contribution < 1.29 is 18.0 Å². The quantitative estimate of drug-likeness (QED) is 0.820. The molecule has 7 heteroatoms. The van der Waals surface area contributed by atoms with Crippen LogP contribution in [0.25, 0.3) is 0 Å². The molecule has 4 nitrogen and oxygen atoms in total. The summed E-state index contributed by atoms with van der Waals surface area (Å²) in [5.74, 6) is -1.42. The van der Waals surface area contributed by atoms with Crippen LogP contribution < -0.4 is 10.6 Å². The second-order valence-electron chi connectivity index (χ2n) is 5.70.